The van der Waals surface area contributed by atoms with Gasteiger partial charge in [0.2, 0.25) is 0 Å². The minimum absolute atomic E-state index is 0.242. The molecule has 0 heterocycles. The van der Waals surface area contributed by atoms with E-state index >= 15 is 0 Å². The van der Waals surface area contributed by atoms with Crippen molar-refractivity contribution in [2.45, 2.75) is 220 Å². The SMILES string of the molecule is CCCCCCCCCCCCCCCC(=O)C(CCCC)C(=O)CCCCCCCCCCCCCCC. The molecule has 0 N–H and O–H groups in total. The summed E-state index contributed by atoms with van der Waals surface area (Å²) in [6.07, 6.45) is 38.5. The Morgan fingerprint density at radius 2 is 0.564 bits per heavy atom. The van der Waals surface area contributed by atoms with E-state index in [1.165, 1.54) is 141 Å². The van der Waals surface area contributed by atoms with Gasteiger partial charge in [0.15, 0.2) is 0 Å². The van der Waals surface area contributed by atoms with Crippen molar-refractivity contribution >= 4 is 11.6 Å². The van der Waals surface area contributed by atoms with E-state index in [2.05, 4.69) is 20.8 Å². The van der Waals surface area contributed by atoms with Crippen LogP contribution >= 0.6 is 0 Å². The zero-order chi connectivity index (χ0) is 28.7. The summed E-state index contributed by atoms with van der Waals surface area (Å²) in [5.74, 6) is 0.178. The molecule has 0 aliphatic carbocycles. The fourth-order valence-electron chi connectivity index (χ4n) is 5.89. The molecule has 2 nitrogen and oxygen atoms in total. The van der Waals surface area contributed by atoms with Crippen LogP contribution in [0.15, 0.2) is 0 Å². The van der Waals surface area contributed by atoms with Gasteiger partial charge in [-0.3, -0.25) is 9.59 Å². The van der Waals surface area contributed by atoms with Crippen molar-refractivity contribution in [3.63, 3.8) is 0 Å². The van der Waals surface area contributed by atoms with Crippen LogP contribution < -0.4 is 0 Å². The lowest BCUT2D eigenvalue weighted by atomic mass is 9.87. The monoisotopic (exact) mass is 549 g/mol. The predicted octanol–water partition coefficient (Wildman–Crippen LogP) is 12.9. The van der Waals surface area contributed by atoms with Gasteiger partial charge in [0.05, 0.1) is 5.92 Å². The molecule has 39 heavy (non-hydrogen) atoms. The molecule has 0 aromatic rings. The molecule has 232 valence electrons. The molecular weight excluding hydrogens is 476 g/mol. The lowest BCUT2D eigenvalue weighted by Crippen LogP contribution is -2.24. The summed E-state index contributed by atoms with van der Waals surface area (Å²) in [4.78, 5) is 25.8. The third-order valence-corrected chi connectivity index (χ3v) is 8.68. The maximum Gasteiger partial charge on any atom is 0.143 e. The smallest absolute Gasteiger partial charge is 0.143 e. The Morgan fingerprint density at radius 3 is 0.821 bits per heavy atom. The van der Waals surface area contributed by atoms with E-state index in [-0.39, 0.29) is 17.5 Å². The van der Waals surface area contributed by atoms with Crippen LogP contribution in [0.2, 0.25) is 0 Å². The molecule has 0 bridgehead atoms. The molecule has 0 aromatic heterocycles. The first-order valence-electron chi connectivity index (χ1n) is 18.2. The Hall–Kier alpha value is -0.660. The Balaban J connectivity index is 3.79. The molecule has 0 fully saturated rings. The Labute approximate surface area is 246 Å². The largest absolute Gasteiger partial charge is 0.299 e. The first-order chi connectivity index (χ1) is 19.2. The molecule has 2 heteroatoms. The van der Waals surface area contributed by atoms with Crippen LogP contribution in [-0.4, -0.2) is 11.6 Å². The first-order valence-corrected chi connectivity index (χ1v) is 18.2. The number of ketones is 2. The summed E-state index contributed by atoms with van der Waals surface area (Å²) in [6.45, 7) is 6.72. The minimum Gasteiger partial charge on any atom is -0.299 e. The van der Waals surface area contributed by atoms with Crippen molar-refractivity contribution in [1.29, 1.82) is 0 Å². The number of unbranched alkanes of at least 4 members (excludes halogenated alkanes) is 25. The molecule has 0 saturated heterocycles. The molecule has 0 atom stereocenters. The number of rotatable bonds is 33. The zero-order valence-electron chi connectivity index (χ0n) is 27.3. The van der Waals surface area contributed by atoms with Gasteiger partial charge in [-0.2, -0.15) is 0 Å². The maximum atomic E-state index is 12.9. The summed E-state index contributed by atoms with van der Waals surface area (Å²) >= 11 is 0. The van der Waals surface area contributed by atoms with E-state index in [1.54, 1.807) is 0 Å². The summed E-state index contributed by atoms with van der Waals surface area (Å²) in [5, 5.41) is 0. The molecule has 0 amide bonds. The van der Waals surface area contributed by atoms with Gasteiger partial charge in [-0.25, -0.2) is 0 Å². The van der Waals surface area contributed by atoms with Crippen LogP contribution in [-0.2, 0) is 9.59 Å². The number of hydrogen-bond acceptors (Lipinski definition) is 2. The molecule has 0 aliphatic rings. The van der Waals surface area contributed by atoms with Crippen LogP contribution in [0.3, 0.4) is 0 Å². The van der Waals surface area contributed by atoms with Crippen molar-refractivity contribution in [3.8, 4) is 0 Å². The molecule has 0 radical (unpaired) electrons. The lowest BCUT2D eigenvalue weighted by molar-refractivity contribution is -0.133. The summed E-state index contributed by atoms with van der Waals surface area (Å²) in [5.41, 5.74) is 0. The first kappa shape index (κ1) is 38.3. The molecule has 0 aliphatic heterocycles. The van der Waals surface area contributed by atoms with E-state index < -0.39 is 0 Å². The van der Waals surface area contributed by atoms with Gasteiger partial charge >= 0.3 is 0 Å². The van der Waals surface area contributed by atoms with Gasteiger partial charge in [-0.15, -0.1) is 0 Å². The average molecular weight is 549 g/mol. The van der Waals surface area contributed by atoms with Crippen molar-refractivity contribution < 1.29 is 9.59 Å². The third kappa shape index (κ3) is 27.3. The van der Waals surface area contributed by atoms with Crippen molar-refractivity contribution in [1.82, 2.24) is 0 Å². The second kappa shape index (κ2) is 31.9. The van der Waals surface area contributed by atoms with E-state index in [9.17, 15) is 9.59 Å². The highest BCUT2D eigenvalue weighted by molar-refractivity contribution is 6.02. The van der Waals surface area contributed by atoms with E-state index in [4.69, 9.17) is 0 Å². The molecule has 0 aromatic carbocycles. The maximum absolute atomic E-state index is 12.9. The Morgan fingerprint density at radius 1 is 0.333 bits per heavy atom. The fourth-order valence-corrected chi connectivity index (χ4v) is 5.89. The lowest BCUT2D eigenvalue weighted by Gasteiger charge is -2.14. The van der Waals surface area contributed by atoms with Gasteiger partial charge < -0.3 is 0 Å². The van der Waals surface area contributed by atoms with Crippen LogP contribution in [0.5, 0.6) is 0 Å². The number of carbonyl (C=O) groups excluding carboxylic acids is 2. The highest BCUT2D eigenvalue weighted by Crippen LogP contribution is 2.20. The van der Waals surface area contributed by atoms with Crippen LogP contribution in [0.25, 0.3) is 0 Å². The van der Waals surface area contributed by atoms with Crippen molar-refractivity contribution in [2.75, 3.05) is 0 Å². The Bertz CT molecular complexity index is 470. The van der Waals surface area contributed by atoms with Gasteiger partial charge in [-0.1, -0.05) is 188 Å². The summed E-state index contributed by atoms with van der Waals surface area (Å²) in [6, 6.07) is 0. The van der Waals surface area contributed by atoms with Crippen LogP contribution in [0.4, 0.5) is 0 Å². The predicted molar refractivity (Wildman–Crippen MR) is 174 cm³/mol. The number of carbonyl (C=O) groups is 2. The summed E-state index contributed by atoms with van der Waals surface area (Å²) in [7, 11) is 0. The van der Waals surface area contributed by atoms with E-state index in [0.717, 1.165) is 44.9 Å². The van der Waals surface area contributed by atoms with Gasteiger partial charge in [0, 0.05) is 12.8 Å². The summed E-state index contributed by atoms with van der Waals surface area (Å²) < 4.78 is 0. The quantitative estimate of drug-likeness (QED) is 0.0603. The standard InChI is InChI=1S/C37H72O2/c1-4-7-10-12-14-16-18-20-22-24-26-28-30-33-36(38)35(32-9-6-3)37(39)34-31-29-27-25-23-21-19-17-15-13-11-8-5-2/h35H,4-34H2,1-3H3. The molecular formula is C37H72O2. The Kier molecular flexibility index (Phi) is 31.3. The van der Waals surface area contributed by atoms with Crippen LogP contribution in [0, 0.1) is 5.92 Å². The molecule has 0 unspecified atom stereocenters. The second-order valence-corrected chi connectivity index (χ2v) is 12.6. The van der Waals surface area contributed by atoms with E-state index in [0.29, 0.717) is 12.8 Å². The second-order valence-electron chi connectivity index (χ2n) is 12.6. The van der Waals surface area contributed by atoms with Crippen molar-refractivity contribution in [2.24, 2.45) is 5.92 Å². The van der Waals surface area contributed by atoms with E-state index in [1.807, 2.05) is 0 Å². The fraction of sp³-hybridized carbons (Fsp3) is 0.946. The average Bonchev–Trinajstić information content (AvgIpc) is 2.94. The van der Waals surface area contributed by atoms with Gasteiger partial charge in [0.1, 0.15) is 11.6 Å². The number of hydrogen-bond donors (Lipinski definition) is 0. The normalized spacial score (nSPS) is 11.5. The van der Waals surface area contributed by atoms with Gasteiger partial charge in [0.25, 0.3) is 0 Å². The zero-order valence-corrected chi connectivity index (χ0v) is 27.3. The van der Waals surface area contributed by atoms with Gasteiger partial charge in [-0.05, 0) is 19.3 Å². The molecule has 0 saturated carbocycles. The molecule has 0 spiro atoms. The molecule has 0 rings (SSSR count). The third-order valence-electron chi connectivity index (χ3n) is 8.68. The topological polar surface area (TPSA) is 34.1 Å². The minimum atomic E-state index is -0.306. The highest BCUT2D eigenvalue weighted by Gasteiger charge is 2.24. The van der Waals surface area contributed by atoms with Crippen molar-refractivity contribution in [3.05, 3.63) is 0 Å². The van der Waals surface area contributed by atoms with Crippen LogP contribution in [0.1, 0.15) is 220 Å². The number of Topliss-reactive ketones (excluding diaryl/α,β-unsaturated/α-hetero) is 2. The highest BCUT2D eigenvalue weighted by atomic mass is 16.1.